The highest BCUT2D eigenvalue weighted by Crippen LogP contribution is 2.21. The van der Waals surface area contributed by atoms with E-state index in [-0.39, 0.29) is 24.0 Å². The van der Waals surface area contributed by atoms with Gasteiger partial charge < -0.3 is 4.42 Å². The molecular formula is C21H20ClN3O3S. The van der Waals surface area contributed by atoms with Crippen molar-refractivity contribution in [2.24, 2.45) is 0 Å². The highest BCUT2D eigenvalue weighted by atomic mass is 35.5. The summed E-state index contributed by atoms with van der Waals surface area (Å²) in [6, 6.07) is 15.1. The molecule has 1 aromatic heterocycles. The van der Waals surface area contributed by atoms with Crippen molar-refractivity contribution in [3.05, 3.63) is 71.2 Å². The van der Waals surface area contributed by atoms with Gasteiger partial charge in [0.15, 0.2) is 11.7 Å². The normalized spacial score (nSPS) is 10.6. The molecule has 8 heteroatoms. The Morgan fingerprint density at radius 3 is 2.45 bits per heavy atom. The lowest BCUT2D eigenvalue weighted by atomic mass is 10.1. The third-order valence-electron chi connectivity index (χ3n) is 3.98. The molecule has 0 spiro atoms. The number of carbonyl (C=O) groups is 2. The van der Waals surface area contributed by atoms with Crippen molar-refractivity contribution in [2.45, 2.75) is 24.7 Å². The number of nitrogens with one attached hydrogen (secondary N) is 2. The summed E-state index contributed by atoms with van der Waals surface area (Å²) in [6.45, 7) is 2.02. The van der Waals surface area contributed by atoms with Crippen molar-refractivity contribution < 1.29 is 14.0 Å². The van der Waals surface area contributed by atoms with Gasteiger partial charge in [-0.05, 0) is 31.2 Å². The Morgan fingerprint density at radius 1 is 1.03 bits per heavy atom. The predicted octanol–water partition coefficient (Wildman–Crippen LogP) is 4.18. The number of rotatable bonds is 7. The second-order valence-electron chi connectivity index (χ2n) is 6.32. The molecule has 2 aromatic carbocycles. The summed E-state index contributed by atoms with van der Waals surface area (Å²) in [6.07, 6.45) is 2.14. The van der Waals surface area contributed by atoms with Crippen LogP contribution in [0.3, 0.4) is 0 Å². The molecule has 6 nitrogen and oxygen atoms in total. The van der Waals surface area contributed by atoms with E-state index in [2.05, 4.69) is 15.8 Å². The molecule has 0 aliphatic rings. The van der Waals surface area contributed by atoms with Crippen molar-refractivity contribution in [2.75, 3.05) is 5.75 Å². The summed E-state index contributed by atoms with van der Waals surface area (Å²) in [5.74, 6) is 0.705. The van der Waals surface area contributed by atoms with Gasteiger partial charge in [-0.1, -0.05) is 41.4 Å². The van der Waals surface area contributed by atoms with E-state index in [0.717, 1.165) is 10.5 Å². The number of aryl methyl sites for hydroxylation is 2. The lowest BCUT2D eigenvalue weighted by Gasteiger charge is -2.06. The fourth-order valence-corrected chi connectivity index (χ4v) is 3.24. The molecule has 3 rings (SSSR count). The summed E-state index contributed by atoms with van der Waals surface area (Å²) >= 11 is 7.18. The minimum absolute atomic E-state index is 0.151. The number of hydrazine groups is 1. The number of hydrogen-bond acceptors (Lipinski definition) is 5. The zero-order valence-electron chi connectivity index (χ0n) is 15.8. The number of aromatic nitrogens is 1. The molecule has 1 heterocycles. The van der Waals surface area contributed by atoms with Crippen LogP contribution in [-0.2, 0) is 16.0 Å². The van der Waals surface area contributed by atoms with Crippen molar-refractivity contribution in [1.29, 1.82) is 0 Å². The number of oxazole rings is 1. The van der Waals surface area contributed by atoms with E-state index in [1.807, 2.05) is 43.3 Å². The Balaban J connectivity index is 1.38. The summed E-state index contributed by atoms with van der Waals surface area (Å²) in [7, 11) is 0. The van der Waals surface area contributed by atoms with Gasteiger partial charge in [-0.3, -0.25) is 20.4 Å². The van der Waals surface area contributed by atoms with E-state index < -0.39 is 0 Å². The average molecular weight is 430 g/mol. The second-order valence-corrected chi connectivity index (χ2v) is 7.81. The molecule has 0 saturated heterocycles. The molecule has 0 saturated carbocycles. The molecule has 0 aliphatic carbocycles. The average Bonchev–Trinajstić information content (AvgIpc) is 3.20. The molecule has 0 atom stereocenters. The summed E-state index contributed by atoms with van der Waals surface area (Å²) in [4.78, 5) is 28.9. The maximum Gasteiger partial charge on any atom is 0.248 e. The number of halogens is 1. The van der Waals surface area contributed by atoms with Crippen molar-refractivity contribution in [3.63, 3.8) is 0 Å². The van der Waals surface area contributed by atoms with Gasteiger partial charge in [0, 0.05) is 28.3 Å². The van der Waals surface area contributed by atoms with Crippen LogP contribution in [0.2, 0.25) is 5.02 Å². The van der Waals surface area contributed by atoms with Gasteiger partial charge in [0.25, 0.3) is 0 Å². The van der Waals surface area contributed by atoms with Gasteiger partial charge >= 0.3 is 0 Å². The van der Waals surface area contributed by atoms with E-state index in [0.29, 0.717) is 23.1 Å². The Labute approximate surface area is 178 Å². The number of benzene rings is 2. The molecule has 0 unspecified atom stereocenters. The summed E-state index contributed by atoms with van der Waals surface area (Å²) in [5.41, 5.74) is 6.90. The maximum atomic E-state index is 11.9. The highest BCUT2D eigenvalue weighted by Gasteiger charge is 2.10. The van der Waals surface area contributed by atoms with Gasteiger partial charge in [-0.15, -0.1) is 11.8 Å². The first kappa shape index (κ1) is 21.0. The molecule has 2 N–H and O–H groups in total. The largest absolute Gasteiger partial charge is 0.441 e. The molecule has 3 aromatic rings. The molecule has 150 valence electrons. The fraction of sp³-hybridized carbons (Fsp3) is 0.190. The first-order valence-electron chi connectivity index (χ1n) is 8.97. The van der Waals surface area contributed by atoms with Crippen LogP contribution in [0.25, 0.3) is 11.3 Å². The van der Waals surface area contributed by atoms with Gasteiger partial charge in [0.05, 0.1) is 11.9 Å². The number of hydrogen-bond donors (Lipinski definition) is 2. The smallest absolute Gasteiger partial charge is 0.248 e. The van der Waals surface area contributed by atoms with E-state index in [4.69, 9.17) is 16.0 Å². The molecule has 2 amide bonds. The lowest BCUT2D eigenvalue weighted by molar-refractivity contribution is -0.127. The zero-order valence-corrected chi connectivity index (χ0v) is 17.3. The van der Waals surface area contributed by atoms with Crippen molar-refractivity contribution in [1.82, 2.24) is 15.8 Å². The van der Waals surface area contributed by atoms with Crippen LogP contribution in [0.15, 0.2) is 64.0 Å². The number of amides is 2. The van der Waals surface area contributed by atoms with E-state index in [1.165, 1.54) is 17.3 Å². The topological polar surface area (TPSA) is 84.2 Å². The molecule has 0 aliphatic heterocycles. The number of thioether (sulfide) groups is 1. The minimum Gasteiger partial charge on any atom is -0.441 e. The van der Waals surface area contributed by atoms with E-state index >= 15 is 0 Å². The summed E-state index contributed by atoms with van der Waals surface area (Å²) in [5, 5.41) is 0.642. The minimum atomic E-state index is -0.315. The zero-order chi connectivity index (χ0) is 20.6. The van der Waals surface area contributed by atoms with Crippen LogP contribution < -0.4 is 10.9 Å². The molecule has 0 fully saturated rings. The Kier molecular flexibility index (Phi) is 7.32. The van der Waals surface area contributed by atoms with Gasteiger partial charge in [0.2, 0.25) is 11.8 Å². The Hall–Kier alpha value is -2.77. The number of carbonyl (C=O) groups excluding carboxylic acids is 2. The van der Waals surface area contributed by atoms with Crippen LogP contribution in [-0.4, -0.2) is 22.6 Å². The van der Waals surface area contributed by atoms with Gasteiger partial charge in [-0.25, -0.2) is 4.98 Å². The highest BCUT2D eigenvalue weighted by molar-refractivity contribution is 8.00. The molecule has 0 bridgehead atoms. The standard InChI is InChI=1S/C21H20ClN3O3S/c1-14-2-4-15(5-3-14)18-12-23-21(28-18)11-10-19(26)24-25-20(27)13-29-17-8-6-16(22)7-9-17/h2-9,12H,10-11,13H2,1H3,(H,24,26)(H,25,27). The van der Waals surface area contributed by atoms with Crippen LogP contribution >= 0.6 is 23.4 Å². The Bertz CT molecular complexity index is 972. The lowest BCUT2D eigenvalue weighted by Crippen LogP contribution is -2.42. The predicted molar refractivity (Wildman–Crippen MR) is 113 cm³/mol. The molecule has 0 radical (unpaired) electrons. The first-order chi connectivity index (χ1) is 14.0. The van der Waals surface area contributed by atoms with E-state index in [1.54, 1.807) is 18.3 Å². The third-order valence-corrected chi connectivity index (χ3v) is 5.24. The second kappa shape index (κ2) is 10.1. The number of nitrogens with zero attached hydrogens (tertiary/aromatic N) is 1. The van der Waals surface area contributed by atoms with E-state index in [9.17, 15) is 9.59 Å². The van der Waals surface area contributed by atoms with Gasteiger partial charge in [-0.2, -0.15) is 0 Å². The maximum absolute atomic E-state index is 11.9. The SMILES string of the molecule is Cc1ccc(-c2cnc(CCC(=O)NNC(=O)CSc3ccc(Cl)cc3)o2)cc1. The van der Waals surface area contributed by atoms with Crippen molar-refractivity contribution in [3.8, 4) is 11.3 Å². The van der Waals surface area contributed by atoms with Crippen LogP contribution in [0, 0.1) is 6.92 Å². The van der Waals surface area contributed by atoms with Crippen LogP contribution in [0.1, 0.15) is 17.9 Å². The molecule has 29 heavy (non-hydrogen) atoms. The van der Waals surface area contributed by atoms with Gasteiger partial charge in [0.1, 0.15) is 0 Å². The first-order valence-corrected chi connectivity index (χ1v) is 10.3. The Morgan fingerprint density at radius 2 is 1.72 bits per heavy atom. The fourth-order valence-electron chi connectivity index (χ4n) is 2.42. The van der Waals surface area contributed by atoms with Crippen molar-refractivity contribution >= 4 is 35.2 Å². The summed E-state index contributed by atoms with van der Waals surface area (Å²) < 4.78 is 5.69. The quantitative estimate of drug-likeness (QED) is 0.435. The monoisotopic (exact) mass is 429 g/mol. The molecular weight excluding hydrogens is 410 g/mol. The van der Waals surface area contributed by atoms with Crippen LogP contribution in [0.5, 0.6) is 0 Å². The third kappa shape index (κ3) is 6.66. The van der Waals surface area contributed by atoms with Crippen LogP contribution in [0.4, 0.5) is 0 Å².